The van der Waals surface area contributed by atoms with Crippen LogP contribution in [0.3, 0.4) is 0 Å². The molecule has 0 aliphatic heterocycles. The van der Waals surface area contributed by atoms with Crippen LogP contribution in [0.1, 0.15) is 12.5 Å². The summed E-state index contributed by atoms with van der Waals surface area (Å²) in [6.45, 7) is 1.86. The van der Waals surface area contributed by atoms with Crippen molar-refractivity contribution < 1.29 is 4.39 Å². The minimum Gasteiger partial charge on any atom is -0.207 e. The number of rotatable bonds is 2. The van der Waals surface area contributed by atoms with E-state index < -0.39 is 0 Å². The number of thiocarbonyl (C=S) groups is 1. The second kappa shape index (κ2) is 3.58. The van der Waals surface area contributed by atoms with E-state index in [2.05, 4.69) is 0 Å². The van der Waals surface area contributed by atoms with E-state index in [1.165, 1.54) is 12.1 Å². The highest BCUT2D eigenvalue weighted by atomic mass is 32.1. The molecule has 0 bridgehead atoms. The van der Waals surface area contributed by atoms with E-state index in [4.69, 9.17) is 12.2 Å². The molecule has 0 radical (unpaired) electrons. The van der Waals surface area contributed by atoms with Gasteiger partial charge in [-0.3, -0.25) is 0 Å². The highest BCUT2D eigenvalue weighted by Gasteiger charge is 1.95. The predicted molar refractivity (Wildman–Crippen MR) is 48.4 cm³/mol. The Labute approximate surface area is 71.1 Å². The fraction of sp³-hybridized carbons (Fsp3) is 0.222. The summed E-state index contributed by atoms with van der Waals surface area (Å²) >= 11 is 4.90. The van der Waals surface area contributed by atoms with Gasteiger partial charge >= 0.3 is 0 Å². The van der Waals surface area contributed by atoms with E-state index in [0.29, 0.717) is 6.42 Å². The van der Waals surface area contributed by atoms with Crippen molar-refractivity contribution in [1.82, 2.24) is 0 Å². The zero-order valence-corrected chi connectivity index (χ0v) is 7.12. The molecule has 1 rings (SSSR count). The Bertz CT molecular complexity index is 268. The molecule has 0 unspecified atom stereocenters. The highest BCUT2D eigenvalue weighted by Crippen LogP contribution is 2.04. The first-order valence-electron chi connectivity index (χ1n) is 3.42. The van der Waals surface area contributed by atoms with Crippen LogP contribution in [0, 0.1) is 5.82 Å². The summed E-state index contributed by atoms with van der Waals surface area (Å²) < 4.78 is 12.6. The molecule has 0 aliphatic carbocycles. The molecule has 0 aliphatic rings. The third-order valence-corrected chi connectivity index (χ3v) is 1.49. The molecule has 0 N–H and O–H groups in total. The number of benzene rings is 1. The summed E-state index contributed by atoms with van der Waals surface area (Å²) in [4.78, 5) is 0.885. The third kappa shape index (κ3) is 2.76. The molecular formula is C9H9FS. The van der Waals surface area contributed by atoms with Crippen LogP contribution in [-0.2, 0) is 6.42 Å². The molecule has 0 atom stereocenters. The molecule has 0 saturated heterocycles. The Morgan fingerprint density at radius 1 is 1.55 bits per heavy atom. The zero-order valence-electron chi connectivity index (χ0n) is 6.30. The van der Waals surface area contributed by atoms with Crippen LogP contribution in [0.4, 0.5) is 4.39 Å². The fourth-order valence-corrected chi connectivity index (χ4v) is 1.10. The average molecular weight is 168 g/mol. The Balaban J connectivity index is 2.79. The van der Waals surface area contributed by atoms with E-state index in [-0.39, 0.29) is 5.82 Å². The maximum Gasteiger partial charge on any atom is 0.123 e. The van der Waals surface area contributed by atoms with Crippen LogP contribution in [0.5, 0.6) is 0 Å². The number of hydrogen-bond acceptors (Lipinski definition) is 1. The van der Waals surface area contributed by atoms with Crippen molar-refractivity contribution in [3.05, 3.63) is 35.6 Å². The molecule has 0 amide bonds. The second-order valence-corrected chi connectivity index (χ2v) is 3.21. The summed E-state index contributed by atoms with van der Waals surface area (Å²) in [5, 5.41) is 0. The lowest BCUT2D eigenvalue weighted by molar-refractivity contribution is 0.626. The van der Waals surface area contributed by atoms with Crippen LogP contribution in [-0.4, -0.2) is 4.86 Å². The van der Waals surface area contributed by atoms with Crippen molar-refractivity contribution in [3.8, 4) is 0 Å². The minimum atomic E-state index is -0.196. The molecular weight excluding hydrogens is 159 g/mol. The van der Waals surface area contributed by atoms with Gasteiger partial charge in [-0.05, 0) is 29.5 Å². The highest BCUT2D eigenvalue weighted by molar-refractivity contribution is 7.80. The average Bonchev–Trinajstić information content (AvgIpc) is 1.85. The lowest BCUT2D eigenvalue weighted by Gasteiger charge is -1.97. The molecule has 11 heavy (non-hydrogen) atoms. The normalized spacial score (nSPS) is 9.64. The van der Waals surface area contributed by atoms with Crippen molar-refractivity contribution in [1.29, 1.82) is 0 Å². The quantitative estimate of drug-likeness (QED) is 0.612. The molecule has 58 valence electrons. The van der Waals surface area contributed by atoms with Gasteiger partial charge in [-0.15, -0.1) is 0 Å². The van der Waals surface area contributed by atoms with Crippen molar-refractivity contribution in [3.63, 3.8) is 0 Å². The van der Waals surface area contributed by atoms with Crippen molar-refractivity contribution in [2.75, 3.05) is 0 Å². The number of hydrogen-bond donors (Lipinski definition) is 0. The summed E-state index contributed by atoms with van der Waals surface area (Å²) in [5.74, 6) is -0.196. The van der Waals surface area contributed by atoms with E-state index in [0.717, 1.165) is 10.4 Å². The van der Waals surface area contributed by atoms with Crippen LogP contribution < -0.4 is 0 Å². The Kier molecular flexibility index (Phi) is 2.71. The molecule has 0 fully saturated rings. The van der Waals surface area contributed by atoms with Crippen molar-refractivity contribution in [2.24, 2.45) is 0 Å². The van der Waals surface area contributed by atoms with Gasteiger partial charge in [0.05, 0.1) is 0 Å². The summed E-state index contributed by atoms with van der Waals surface area (Å²) in [7, 11) is 0. The molecule has 2 heteroatoms. The topological polar surface area (TPSA) is 0 Å². The fourth-order valence-electron chi connectivity index (χ4n) is 0.934. The van der Waals surface area contributed by atoms with Gasteiger partial charge in [0, 0.05) is 6.42 Å². The monoisotopic (exact) mass is 168 g/mol. The van der Waals surface area contributed by atoms with Crippen molar-refractivity contribution >= 4 is 17.1 Å². The Morgan fingerprint density at radius 3 is 2.82 bits per heavy atom. The smallest absolute Gasteiger partial charge is 0.123 e. The summed E-state index contributed by atoms with van der Waals surface area (Å²) in [6, 6.07) is 6.51. The molecule has 0 saturated carbocycles. The summed E-state index contributed by atoms with van der Waals surface area (Å²) in [5.41, 5.74) is 0.942. The van der Waals surface area contributed by atoms with Crippen LogP contribution in [0.25, 0.3) is 0 Å². The van der Waals surface area contributed by atoms with Crippen molar-refractivity contribution in [2.45, 2.75) is 13.3 Å². The van der Waals surface area contributed by atoms with Gasteiger partial charge < -0.3 is 0 Å². The SMILES string of the molecule is CC(=S)Cc1cccc(F)c1. The molecule has 0 spiro atoms. The zero-order chi connectivity index (χ0) is 8.27. The molecule has 1 aromatic carbocycles. The molecule has 0 nitrogen and oxygen atoms in total. The van der Waals surface area contributed by atoms with E-state index in [1.54, 1.807) is 6.07 Å². The first kappa shape index (κ1) is 8.34. The largest absolute Gasteiger partial charge is 0.207 e. The third-order valence-electron chi connectivity index (χ3n) is 1.34. The standard InChI is InChI=1S/C9H9FS/c1-7(11)5-8-3-2-4-9(10)6-8/h2-4,6H,5H2,1H3. The van der Waals surface area contributed by atoms with Crippen LogP contribution in [0.15, 0.2) is 24.3 Å². The van der Waals surface area contributed by atoms with Gasteiger partial charge in [0.2, 0.25) is 0 Å². The lowest BCUT2D eigenvalue weighted by Crippen LogP contribution is -1.93. The van der Waals surface area contributed by atoms with Crippen LogP contribution in [0.2, 0.25) is 0 Å². The molecule has 1 aromatic rings. The maximum absolute atomic E-state index is 12.6. The van der Waals surface area contributed by atoms with E-state index in [1.807, 2.05) is 13.0 Å². The maximum atomic E-state index is 12.6. The number of halogens is 1. The van der Waals surface area contributed by atoms with Gasteiger partial charge in [-0.1, -0.05) is 24.4 Å². The predicted octanol–water partition coefficient (Wildman–Crippen LogP) is 2.76. The second-order valence-electron chi connectivity index (χ2n) is 2.51. The lowest BCUT2D eigenvalue weighted by atomic mass is 10.1. The minimum absolute atomic E-state index is 0.196. The van der Waals surface area contributed by atoms with Gasteiger partial charge in [0.1, 0.15) is 5.82 Å². The van der Waals surface area contributed by atoms with E-state index >= 15 is 0 Å². The first-order chi connectivity index (χ1) is 5.18. The van der Waals surface area contributed by atoms with Gasteiger partial charge in [0.15, 0.2) is 0 Å². The van der Waals surface area contributed by atoms with Crippen LogP contribution >= 0.6 is 12.2 Å². The van der Waals surface area contributed by atoms with Gasteiger partial charge in [0.25, 0.3) is 0 Å². The van der Waals surface area contributed by atoms with E-state index in [9.17, 15) is 4.39 Å². The molecule has 0 heterocycles. The first-order valence-corrected chi connectivity index (χ1v) is 3.83. The Morgan fingerprint density at radius 2 is 2.27 bits per heavy atom. The van der Waals surface area contributed by atoms with Gasteiger partial charge in [-0.2, -0.15) is 0 Å². The molecule has 0 aromatic heterocycles. The van der Waals surface area contributed by atoms with Gasteiger partial charge in [-0.25, -0.2) is 4.39 Å². The summed E-state index contributed by atoms with van der Waals surface area (Å²) in [6.07, 6.45) is 0.688. The Hall–Kier alpha value is -0.760.